The van der Waals surface area contributed by atoms with E-state index in [1.165, 1.54) is 12.0 Å². The Morgan fingerprint density at radius 2 is 1.81 bits per heavy atom. The summed E-state index contributed by atoms with van der Waals surface area (Å²) in [6.07, 6.45) is 0.320. The highest BCUT2D eigenvalue weighted by atomic mass is 16.5. The lowest BCUT2D eigenvalue weighted by Crippen LogP contribution is -2.53. The van der Waals surface area contributed by atoms with E-state index in [0.29, 0.717) is 29.2 Å². The van der Waals surface area contributed by atoms with Crippen LogP contribution in [0.15, 0.2) is 36.4 Å². The van der Waals surface area contributed by atoms with E-state index in [9.17, 15) is 24.3 Å². The second-order valence-electron chi connectivity index (χ2n) is 9.77. The predicted molar refractivity (Wildman–Crippen MR) is 132 cm³/mol. The van der Waals surface area contributed by atoms with Crippen LogP contribution in [0.1, 0.15) is 29.5 Å². The zero-order valence-corrected chi connectivity index (χ0v) is 20.9. The maximum atomic E-state index is 13.9. The number of aliphatic carboxylic acids is 1. The van der Waals surface area contributed by atoms with Gasteiger partial charge >= 0.3 is 5.97 Å². The topological polar surface area (TPSA) is 134 Å². The Bertz CT molecular complexity index is 1310. The molecule has 2 saturated heterocycles. The molecule has 0 aromatic heterocycles. The highest BCUT2D eigenvalue weighted by molar-refractivity contribution is 6.15. The smallest absolute Gasteiger partial charge is 0.303 e. The van der Waals surface area contributed by atoms with Crippen LogP contribution < -0.4 is 20.1 Å². The number of hydrogen-bond acceptors (Lipinski definition) is 7. The first kappa shape index (κ1) is 24.8. The van der Waals surface area contributed by atoms with Crippen molar-refractivity contribution in [3.63, 3.8) is 0 Å². The number of carboxylic acid groups (broad SMARTS) is 1. The number of fused-ring (bicyclic) bond motifs is 4. The van der Waals surface area contributed by atoms with E-state index in [-0.39, 0.29) is 25.3 Å². The number of carboxylic acids is 1. The molecule has 10 nitrogen and oxygen atoms in total. The van der Waals surface area contributed by atoms with Crippen LogP contribution in [0.2, 0.25) is 0 Å². The number of ether oxygens (including phenoxy) is 2. The summed E-state index contributed by atoms with van der Waals surface area (Å²) in [7, 11) is 3.08. The summed E-state index contributed by atoms with van der Waals surface area (Å²) in [5.74, 6) is -2.90. The van der Waals surface area contributed by atoms with E-state index in [4.69, 9.17) is 9.47 Å². The molecular formula is C27H29N3O7. The van der Waals surface area contributed by atoms with Gasteiger partial charge in [0, 0.05) is 30.3 Å². The molecule has 5 rings (SSSR count). The standard InChI is InChI=1S/C27H29N3O7/c1-14-4-6-17-16(12-14)27(26(35)28-17)23-22(18(29-27)7-9-21(31)32)24(33)30(25(23)34)11-10-15-5-8-19(36-2)20(13-15)37-3/h4-6,8,12-13,18,22-23,29H,7,9-11H2,1-3H3,(H,28,35)(H,31,32)/t18-,22+,23-,27+/m0/s1. The fourth-order valence-corrected chi connectivity index (χ4v) is 6.00. The third-order valence-corrected chi connectivity index (χ3v) is 7.70. The Kier molecular flexibility index (Phi) is 6.15. The van der Waals surface area contributed by atoms with E-state index in [2.05, 4.69) is 10.6 Å². The Balaban J connectivity index is 1.48. The maximum Gasteiger partial charge on any atom is 0.303 e. The average Bonchev–Trinajstić information content (AvgIpc) is 3.45. The average molecular weight is 508 g/mol. The van der Waals surface area contributed by atoms with E-state index >= 15 is 0 Å². The number of aryl methyl sites for hydroxylation is 1. The van der Waals surface area contributed by atoms with Gasteiger partial charge in [0.25, 0.3) is 0 Å². The van der Waals surface area contributed by atoms with Gasteiger partial charge in [0.15, 0.2) is 11.5 Å². The minimum absolute atomic E-state index is 0.120. The van der Waals surface area contributed by atoms with Crippen LogP contribution in [0.4, 0.5) is 5.69 Å². The van der Waals surface area contributed by atoms with E-state index in [1.807, 2.05) is 25.1 Å². The molecule has 4 atom stereocenters. The first-order valence-electron chi connectivity index (χ1n) is 12.2. The molecule has 2 fully saturated rings. The lowest BCUT2D eigenvalue weighted by Gasteiger charge is -2.29. The van der Waals surface area contributed by atoms with Crippen molar-refractivity contribution in [3.8, 4) is 11.5 Å². The van der Waals surface area contributed by atoms with Crippen LogP contribution in [0, 0.1) is 18.8 Å². The Labute approximate surface area is 213 Å². The van der Waals surface area contributed by atoms with E-state index < -0.39 is 41.2 Å². The largest absolute Gasteiger partial charge is 0.493 e. The molecule has 0 unspecified atom stereocenters. The van der Waals surface area contributed by atoms with Gasteiger partial charge in [0.2, 0.25) is 17.7 Å². The summed E-state index contributed by atoms with van der Waals surface area (Å²) in [5, 5.41) is 15.4. The van der Waals surface area contributed by atoms with Gasteiger partial charge in [-0.05, 0) is 43.5 Å². The molecule has 2 aromatic rings. The van der Waals surface area contributed by atoms with Crippen LogP contribution in [0.5, 0.6) is 11.5 Å². The first-order chi connectivity index (χ1) is 17.7. The second-order valence-corrected chi connectivity index (χ2v) is 9.77. The van der Waals surface area contributed by atoms with E-state index in [0.717, 1.165) is 11.1 Å². The molecule has 3 aliphatic rings. The predicted octanol–water partition coefficient (Wildman–Crippen LogP) is 1.84. The molecule has 3 heterocycles. The van der Waals surface area contributed by atoms with Crippen LogP contribution in [0.25, 0.3) is 0 Å². The maximum absolute atomic E-state index is 13.9. The third-order valence-electron chi connectivity index (χ3n) is 7.70. The molecule has 194 valence electrons. The summed E-state index contributed by atoms with van der Waals surface area (Å²) in [5.41, 5.74) is 1.53. The number of anilines is 1. The van der Waals surface area contributed by atoms with Gasteiger partial charge in [-0.2, -0.15) is 0 Å². The number of carbonyl (C=O) groups excluding carboxylic acids is 3. The molecule has 3 amide bonds. The van der Waals surface area contributed by atoms with Crippen molar-refractivity contribution in [3.05, 3.63) is 53.1 Å². The van der Waals surface area contributed by atoms with Gasteiger partial charge in [0.1, 0.15) is 5.54 Å². The van der Waals surface area contributed by atoms with Crippen molar-refractivity contribution in [1.29, 1.82) is 0 Å². The normalized spacial score (nSPS) is 25.9. The third kappa shape index (κ3) is 3.83. The molecule has 10 heteroatoms. The molecule has 0 aliphatic carbocycles. The quantitative estimate of drug-likeness (QED) is 0.461. The first-order valence-corrected chi connectivity index (χ1v) is 12.2. The van der Waals surface area contributed by atoms with Crippen molar-refractivity contribution in [1.82, 2.24) is 10.2 Å². The van der Waals surface area contributed by atoms with Crippen LogP contribution in [0.3, 0.4) is 0 Å². The molecule has 3 aliphatic heterocycles. The Morgan fingerprint density at radius 3 is 2.51 bits per heavy atom. The zero-order chi connectivity index (χ0) is 26.5. The minimum Gasteiger partial charge on any atom is -0.493 e. The van der Waals surface area contributed by atoms with Gasteiger partial charge in [-0.1, -0.05) is 23.8 Å². The number of benzene rings is 2. The van der Waals surface area contributed by atoms with Gasteiger partial charge in [0.05, 0.1) is 26.1 Å². The molecule has 1 spiro atoms. The second kappa shape index (κ2) is 9.19. The minimum atomic E-state index is -1.43. The summed E-state index contributed by atoms with van der Waals surface area (Å²) < 4.78 is 10.6. The number of nitrogens with one attached hydrogen (secondary N) is 2. The number of hydrogen-bond donors (Lipinski definition) is 3. The van der Waals surface area contributed by atoms with Crippen LogP contribution in [-0.2, 0) is 31.1 Å². The van der Waals surface area contributed by atoms with Crippen molar-refractivity contribution < 1.29 is 33.8 Å². The summed E-state index contributed by atoms with van der Waals surface area (Å²) in [6.45, 7) is 2.02. The molecule has 0 saturated carbocycles. The lowest BCUT2D eigenvalue weighted by molar-refractivity contribution is -0.143. The number of imide groups is 1. The van der Waals surface area contributed by atoms with Crippen LogP contribution in [-0.4, -0.2) is 60.5 Å². The lowest BCUT2D eigenvalue weighted by atomic mass is 9.76. The Morgan fingerprint density at radius 1 is 1.05 bits per heavy atom. The molecule has 37 heavy (non-hydrogen) atoms. The summed E-state index contributed by atoms with van der Waals surface area (Å²) in [4.78, 5) is 53.6. The van der Waals surface area contributed by atoms with Gasteiger partial charge in [-0.25, -0.2) is 0 Å². The molecule has 0 radical (unpaired) electrons. The van der Waals surface area contributed by atoms with Crippen molar-refractivity contribution >= 4 is 29.4 Å². The van der Waals surface area contributed by atoms with Crippen molar-refractivity contribution in [2.75, 3.05) is 26.1 Å². The fraction of sp³-hybridized carbons (Fsp3) is 0.407. The van der Waals surface area contributed by atoms with E-state index in [1.54, 1.807) is 25.3 Å². The molecular weight excluding hydrogens is 478 g/mol. The monoisotopic (exact) mass is 507 g/mol. The number of likely N-dealkylation sites (tertiary alicyclic amines) is 1. The zero-order valence-electron chi connectivity index (χ0n) is 20.9. The molecule has 3 N–H and O–H groups in total. The number of amides is 3. The highest BCUT2D eigenvalue weighted by Crippen LogP contribution is 2.53. The Hall–Kier alpha value is -3.92. The van der Waals surface area contributed by atoms with Crippen molar-refractivity contribution in [2.24, 2.45) is 11.8 Å². The molecule has 0 bridgehead atoms. The van der Waals surface area contributed by atoms with Gasteiger partial charge < -0.3 is 19.9 Å². The molecule has 2 aromatic carbocycles. The van der Waals surface area contributed by atoms with Crippen molar-refractivity contribution in [2.45, 2.75) is 37.8 Å². The summed E-state index contributed by atoms with van der Waals surface area (Å²) in [6, 6.07) is 10.3. The number of methoxy groups -OCH3 is 2. The van der Waals surface area contributed by atoms with Crippen LogP contribution >= 0.6 is 0 Å². The highest BCUT2D eigenvalue weighted by Gasteiger charge is 2.70. The number of carbonyl (C=O) groups is 4. The fourth-order valence-electron chi connectivity index (χ4n) is 6.00. The summed E-state index contributed by atoms with van der Waals surface area (Å²) >= 11 is 0. The SMILES string of the molecule is COc1ccc(CCN2C(=O)[C@@H]3[C@H](CCC(=O)O)N[C@@]4(C(=O)Nc5ccc(C)cc54)[C@@H]3C2=O)cc1OC. The number of nitrogens with zero attached hydrogens (tertiary/aromatic N) is 1. The van der Waals surface area contributed by atoms with Gasteiger partial charge in [-0.3, -0.25) is 29.4 Å². The van der Waals surface area contributed by atoms with Gasteiger partial charge in [-0.15, -0.1) is 0 Å². The number of rotatable bonds is 8.